The Kier molecular flexibility index (Phi) is 5.17. The lowest BCUT2D eigenvalue weighted by molar-refractivity contribution is 1.39. The first-order valence-corrected chi connectivity index (χ1v) is 14.2. The minimum absolute atomic E-state index is 1.23. The molecule has 7 aromatic rings. The van der Waals surface area contributed by atoms with E-state index in [-0.39, 0.29) is 0 Å². The highest BCUT2D eigenvalue weighted by molar-refractivity contribution is 7.99. The van der Waals surface area contributed by atoms with Crippen molar-refractivity contribution in [1.29, 1.82) is 0 Å². The second-order valence-corrected chi connectivity index (χ2v) is 11.2. The van der Waals surface area contributed by atoms with Crippen molar-refractivity contribution in [3.05, 3.63) is 146 Å². The summed E-state index contributed by atoms with van der Waals surface area (Å²) in [4.78, 5) is 2.65. The summed E-state index contributed by atoms with van der Waals surface area (Å²) >= 11 is 1.88. The van der Waals surface area contributed by atoms with Gasteiger partial charge in [0.15, 0.2) is 0 Å². The Balaban J connectivity index is 1.39. The molecule has 1 aliphatic rings. The van der Waals surface area contributed by atoms with Gasteiger partial charge in [0.25, 0.3) is 0 Å². The van der Waals surface area contributed by atoms with Crippen LogP contribution in [0.4, 0.5) is 0 Å². The van der Waals surface area contributed by atoms with Crippen molar-refractivity contribution >= 4 is 33.3 Å². The maximum absolute atomic E-state index is 2.41. The van der Waals surface area contributed by atoms with Gasteiger partial charge in [0.05, 0.1) is 0 Å². The average Bonchev–Trinajstić information content (AvgIpc) is 3.01. The molecule has 1 heteroatoms. The van der Waals surface area contributed by atoms with Crippen molar-refractivity contribution in [3.63, 3.8) is 0 Å². The third-order valence-electron chi connectivity index (χ3n) is 7.87. The van der Waals surface area contributed by atoms with Crippen molar-refractivity contribution in [3.8, 4) is 44.5 Å². The number of hydrogen-bond acceptors (Lipinski definition) is 1. The molecule has 7 aromatic carbocycles. The smallest absolute Gasteiger partial charge is 0.0207 e. The second kappa shape index (κ2) is 9.01. The molecule has 0 saturated carbocycles. The van der Waals surface area contributed by atoms with E-state index in [1.165, 1.54) is 75.8 Å². The molecule has 0 amide bonds. The van der Waals surface area contributed by atoms with E-state index in [1.807, 2.05) is 11.8 Å². The molecule has 0 unspecified atom stereocenters. The predicted molar refractivity (Wildman–Crippen MR) is 167 cm³/mol. The predicted octanol–water partition coefficient (Wildman–Crippen LogP) is 11.1. The van der Waals surface area contributed by atoms with Crippen molar-refractivity contribution in [2.45, 2.75) is 9.79 Å². The Labute approximate surface area is 232 Å². The zero-order valence-corrected chi connectivity index (χ0v) is 22.1. The number of rotatable bonds is 3. The van der Waals surface area contributed by atoms with Gasteiger partial charge >= 0.3 is 0 Å². The normalized spacial score (nSPS) is 12.0. The van der Waals surface area contributed by atoms with Crippen molar-refractivity contribution in [1.82, 2.24) is 0 Å². The molecule has 0 atom stereocenters. The lowest BCUT2D eigenvalue weighted by Crippen LogP contribution is -1.94. The first kappa shape index (κ1) is 22.4. The molecule has 182 valence electrons. The SMILES string of the molecule is c1ccc(-c2ccc(-c3cccc4ccccc34)c(-c3ccc4c(c3)-c3cccc5cccc(c35)S4)c2)cc1. The van der Waals surface area contributed by atoms with Gasteiger partial charge in [-0.1, -0.05) is 133 Å². The van der Waals surface area contributed by atoms with Gasteiger partial charge in [-0.05, 0) is 84.9 Å². The van der Waals surface area contributed by atoms with Gasteiger partial charge in [0.1, 0.15) is 0 Å². The lowest BCUT2D eigenvalue weighted by Gasteiger charge is -2.22. The molecule has 0 spiro atoms. The summed E-state index contributed by atoms with van der Waals surface area (Å²) in [7, 11) is 0. The largest absolute Gasteiger partial charge is 0.0888 e. The van der Waals surface area contributed by atoms with E-state index in [0.717, 1.165) is 0 Å². The zero-order valence-electron chi connectivity index (χ0n) is 21.3. The highest BCUT2D eigenvalue weighted by Gasteiger charge is 2.20. The molecule has 0 bridgehead atoms. The van der Waals surface area contributed by atoms with E-state index >= 15 is 0 Å². The van der Waals surface area contributed by atoms with Crippen molar-refractivity contribution in [2.75, 3.05) is 0 Å². The van der Waals surface area contributed by atoms with Crippen LogP contribution in [0.1, 0.15) is 0 Å². The van der Waals surface area contributed by atoms with Crippen LogP contribution < -0.4 is 0 Å². The van der Waals surface area contributed by atoms with E-state index in [4.69, 9.17) is 0 Å². The highest BCUT2D eigenvalue weighted by atomic mass is 32.2. The molecule has 1 aliphatic heterocycles. The minimum atomic E-state index is 1.23. The topological polar surface area (TPSA) is 0 Å². The molecular weight excluding hydrogens is 488 g/mol. The quantitative estimate of drug-likeness (QED) is 0.227. The van der Waals surface area contributed by atoms with E-state index in [9.17, 15) is 0 Å². The Morgan fingerprint density at radius 1 is 0.333 bits per heavy atom. The molecular formula is C38H24S. The summed E-state index contributed by atoms with van der Waals surface area (Å²) in [5, 5.41) is 5.21. The molecule has 0 nitrogen and oxygen atoms in total. The third-order valence-corrected chi connectivity index (χ3v) is 9.01. The van der Waals surface area contributed by atoms with Crippen LogP contribution in [-0.2, 0) is 0 Å². The number of fused-ring (bicyclic) bond motifs is 3. The van der Waals surface area contributed by atoms with Crippen molar-refractivity contribution in [2.24, 2.45) is 0 Å². The third kappa shape index (κ3) is 3.70. The molecule has 0 N–H and O–H groups in total. The van der Waals surface area contributed by atoms with Gasteiger partial charge in [0.2, 0.25) is 0 Å². The fraction of sp³-hybridized carbons (Fsp3) is 0. The fourth-order valence-corrected chi connectivity index (χ4v) is 7.15. The average molecular weight is 513 g/mol. The van der Waals surface area contributed by atoms with Crippen LogP contribution in [0.15, 0.2) is 155 Å². The standard InChI is InChI=1S/C38H24S/c1-2-9-25(10-3-1)28-19-21-32(31-16-6-12-26-11-4-5-15-30(26)31)34(23-28)29-20-22-36-35(24-29)33-17-7-13-27-14-8-18-37(39-36)38(27)33/h1-24H. The van der Waals surface area contributed by atoms with Crippen molar-refractivity contribution < 1.29 is 0 Å². The Bertz CT molecular complexity index is 2020. The highest BCUT2D eigenvalue weighted by Crippen LogP contribution is 2.49. The molecule has 0 aliphatic carbocycles. The zero-order chi connectivity index (χ0) is 25.8. The summed E-state index contributed by atoms with van der Waals surface area (Å²) < 4.78 is 0. The molecule has 0 saturated heterocycles. The maximum Gasteiger partial charge on any atom is 0.0207 e. The van der Waals surface area contributed by atoms with E-state index in [0.29, 0.717) is 0 Å². The minimum Gasteiger partial charge on any atom is -0.0888 e. The van der Waals surface area contributed by atoms with Crippen LogP contribution in [0.2, 0.25) is 0 Å². The Morgan fingerprint density at radius 3 is 1.92 bits per heavy atom. The summed E-state index contributed by atoms with van der Waals surface area (Å²) in [6.07, 6.45) is 0. The van der Waals surface area contributed by atoms with Gasteiger partial charge in [0, 0.05) is 15.2 Å². The molecule has 0 radical (unpaired) electrons. The first-order chi connectivity index (χ1) is 19.3. The van der Waals surface area contributed by atoms with Gasteiger partial charge in [-0.2, -0.15) is 0 Å². The van der Waals surface area contributed by atoms with E-state index in [1.54, 1.807) is 0 Å². The second-order valence-electron chi connectivity index (χ2n) is 10.1. The van der Waals surface area contributed by atoms with Gasteiger partial charge in [-0.15, -0.1) is 0 Å². The Hall–Kier alpha value is -4.59. The molecule has 0 fully saturated rings. The van der Waals surface area contributed by atoms with Crippen LogP contribution in [0.25, 0.3) is 66.1 Å². The lowest BCUT2D eigenvalue weighted by atomic mass is 9.87. The van der Waals surface area contributed by atoms with E-state index in [2.05, 4.69) is 146 Å². The van der Waals surface area contributed by atoms with Gasteiger partial charge in [-0.25, -0.2) is 0 Å². The van der Waals surface area contributed by atoms with Gasteiger partial charge < -0.3 is 0 Å². The molecule has 8 rings (SSSR count). The molecule has 39 heavy (non-hydrogen) atoms. The van der Waals surface area contributed by atoms with Crippen LogP contribution in [0.5, 0.6) is 0 Å². The van der Waals surface area contributed by atoms with Crippen LogP contribution in [0, 0.1) is 0 Å². The first-order valence-electron chi connectivity index (χ1n) is 13.4. The number of benzene rings is 7. The number of hydrogen-bond donors (Lipinski definition) is 0. The summed E-state index contributed by atoms with van der Waals surface area (Å²) in [6, 6.07) is 53.3. The monoisotopic (exact) mass is 512 g/mol. The fourth-order valence-electron chi connectivity index (χ4n) is 6.02. The van der Waals surface area contributed by atoms with Crippen LogP contribution in [-0.4, -0.2) is 0 Å². The van der Waals surface area contributed by atoms with Crippen LogP contribution in [0.3, 0.4) is 0 Å². The van der Waals surface area contributed by atoms with Gasteiger partial charge in [-0.3, -0.25) is 0 Å². The van der Waals surface area contributed by atoms with Crippen LogP contribution >= 0.6 is 11.8 Å². The maximum atomic E-state index is 2.41. The summed E-state index contributed by atoms with van der Waals surface area (Å²) in [5.74, 6) is 0. The molecule has 1 heterocycles. The molecule has 0 aromatic heterocycles. The van der Waals surface area contributed by atoms with E-state index < -0.39 is 0 Å². The summed E-state index contributed by atoms with van der Waals surface area (Å²) in [5.41, 5.74) is 10.1. The Morgan fingerprint density at radius 2 is 1.03 bits per heavy atom. The summed E-state index contributed by atoms with van der Waals surface area (Å²) in [6.45, 7) is 0.